The number of aromatic amines is 1. The number of carbonyl (C=O) groups is 1. The topological polar surface area (TPSA) is 66.0 Å². The minimum absolute atomic E-state index is 0.0179. The zero-order chi connectivity index (χ0) is 11.3. The normalized spacial score (nSPS) is 12.3. The molecule has 0 bridgehead atoms. The highest BCUT2D eigenvalue weighted by atomic mass is 35.5. The third kappa shape index (κ3) is 1.23. The lowest BCUT2D eigenvalue weighted by Gasteiger charge is -1.98. The maximum absolute atomic E-state index is 10.8. The molecular weight excluding hydrogens is 228 g/mol. The van der Waals surface area contributed by atoms with Crippen LogP contribution in [0.2, 0.25) is 5.02 Å². The summed E-state index contributed by atoms with van der Waals surface area (Å²) in [4.78, 5) is 17.6. The van der Waals surface area contributed by atoms with Gasteiger partial charge in [-0.1, -0.05) is 17.7 Å². The van der Waals surface area contributed by atoms with Crippen molar-refractivity contribution in [1.29, 1.82) is 0 Å². The van der Waals surface area contributed by atoms with Gasteiger partial charge in [-0.3, -0.25) is 0 Å². The van der Waals surface area contributed by atoms with Crippen LogP contribution >= 0.6 is 11.6 Å². The zero-order valence-electron chi connectivity index (χ0n) is 8.12. The fourth-order valence-corrected chi connectivity index (χ4v) is 2.15. The van der Waals surface area contributed by atoms with Crippen LogP contribution in [0.3, 0.4) is 0 Å². The molecule has 1 aromatic heterocycles. The average molecular weight is 235 g/mol. The molecule has 0 amide bonds. The van der Waals surface area contributed by atoms with Gasteiger partial charge in [-0.2, -0.15) is 0 Å². The Bertz CT molecular complexity index is 604. The number of carboxylic acids is 1. The highest BCUT2D eigenvalue weighted by Crippen LogP contribution is 2.36. The van der Waals surface area contributed by atoms with E-state index in [1.165, 1.54) is 0 Å². The van der Waals surface area contributed by atoms with Crippen LogP contribution in [-0.2, 0) is 6.42 Å². The molecule has 0 saturated carbocycles. The maximum atomic E-state index is 10.8. The van der Waals surface area contributed by atoms with Gasteiger partial charge >= 0.3 is 5.97 Å². The second kappa shape index (κ2) is 3.09. The van der Waals surface area contributed by atoms with Crippen molar-refractivity contribution in [2.24, 2.45) is 0 Å². The van der Waals surface area contributed by atoms with Crippen molar-refractivity contribution in [3.05, 3.63) is 40.3 Å². The third-order valence-electron chi connectivity index (χ3n) is 2.68. The number of benzene rings is 1. The molecule has 0 aliphatic heterocycles. The average Bonchev–Trinajstić information content (AvgIpc) is 2.75. The van der Waals surface area contributed by atoms with Crippen LogP contribution in [0, 0.1) is 0 Å². The Morgan fingerprint density at radius 3 is 3.06 bits per heavy atom. The van der Waals surface area contributed by atoms with Gasteiger partial charge in [0.1, 0.15) is 0 Å². The van der Waals surface area contributed by atoms with E-state index in [1.54, 1.807) is 0 Å². The van der Waals surface area contributed by atoms with E-state index < -0.39 is 5.97 Å². The van der Waals surface area contributed by atoms with Crippen molar-refractivity contribution in [3.8, 4) is 11.3 Å². The molecule has 5 heteroatoms. The number of nitrogens with zero attached hydrogens (tertiary/aromatic N) is 1. The molecule has 0 saturated heterocycles. The molecule has 1 heterocycles. The lowest BCUT2D eigenvalue weighted by Crippen LogP contribution is -1.99. The number of rotatable bonds is 1. The highest BCUT2D eigenvalue weighted by Gasteiger charge is 2.24. The summed E-state index contributed by atoms with van der Waals surface area (Å²) >= 11 is 5.90. The minimum Gasteiger partial charge on any atom is -0.475 e. The summed E-state index contributed by atoms with van der Waals surface area (Å²) in [5.41, 5.74) is 3.59. The summed E-state index contributed by atoms with van der Waals surface area (Å²) in [6.45, 7) is 0. The number of hydrogen-bond donors (Lipinski definition) is 2. The molecule has 0 spiro atoms. The molecule has 3 rings (SSSR count). The molecule has 1 aromatic carbocycles. The number of aromatic carboxylic acids is 1. The zero-order valence-corrected chi connectivity index (χ0v) is 8.88. The van der Waals surface area contributed by atoms with Crippen LogP contribution in [0.5, 0.6) is 0 Å². The summed E-state index contributed by atoms with van der Waals surface area (Å²) in [6.07, 6.45) is 0.683. The van der Waals surface area contributed by atoms with E-state index in [-0.39, 0.29) is 5.82 Å². The van der Waals surface area contributed by atoms with Crippen molar-refractivity contribution in [1.82, 2.24) is 9.97 Å². The summed E-state index contributed by atoms with van der Waals surface area (Å²) in [6, 6.07) is 5.58. The van der Waals surface area contributed by atoms with Crippen molar-refractivity contribution >= 4 is 17.6 Å². The molecule has 2 N–H and O–H groups in total. The second-order valence-corrected chi connectivity index (χ2v) is 4.13. The van der Waals surface area contributed by atoms with Gasteiger partial charge in [-0.25, -0.2) is 9.78 Å². The number of halogens is 1. The molecule has 0 radical (unpaired) electrons. The van der Waals surface area contributed by atoms with Crippen molar-refractivity contribution < 1.29 is 9.90 Å². The fraction of sp³-hybridized carbons (Fsp3) is 0.0909. The number of aromatic nitrogens is 2. The largest absolute Gasteiger partial charge is 0.475 e. The van der Waals surface area contributed by atoms with E-state index in [1.807, 2.05) is 18.2 Å². The summed E-state index contributed by atoms with van der Waals surface area (Å²) in [5.74, 6) is -1.06. The fourth-order valence-electron chi connectivity index (χ4n) is 1.98. The lowest BCUT2D eigenvalue weighted by molar-refractivity contribution is 0.0684. The van der Waals surface area contributed by atoms with Crippen LogP contribution in [0.15, 0.2) is 18.2 Å². The molecule has 2 aromatic rings. The monoisotopic (exact) mass is 234 g/mol. The van der Waals surface area contributed by atoms with Crippen LogP contribution in [-0.4, -0.2) is 21.0 Å². The van der Waals surface area contributed by atoms with Crippen LogP contribution in [0.25, 0.3) is 11.3 Å². The van der Waals surface area contributed by atoms with Gasteiger partial charge in [0.2, 0.25) is 5.82 Å². The molecule has 4 nitrogen and oxygen atoms in total. The molecule has 1 aliphatic carbocycles. The summed E-state index contributed by atoms with van der Waals surface area (Å²) in [7, 11) is 0. The van der Waals surface area contributed by atoms with E-state index in [4.69, 9.17) is 16.7 Å². The molecule has 0 fully saturated rings. The van der Waals surface area contributed by atoms with Crippen molar-refractivity contribution in [2.45, 2.75) is 6.42 Å². The van der Waals surface area contributed by atoms with E-state index in [0.717, 1.165) is 16.8 Å². The highest BCUT2D eigenvalue weighted by molar-refractivity contribution is 6.30. The van der Waals surface area contributed by atoms with Crippen LogP contribution < -0.4 is 0 Å². The molecular formula is C11H7ClN2O2. The Hall–Kier alpha value is -1.81. The number of hydrogen-bond acceptors (Lipinski definition) is 2. The molecule has 16 heavy (non-hydrogen) atoms. The molecule has 0 atom stereocenters. The predicted octanol–water partition coefficient (Wildman–Crippen LogP) is 2.33. The number of nitrogens with one attached hydrogen (secondary N) is 1. The Morgan fingerprint density at radius 2 is 2.31 bits per heavy atom. The Kier molecular flexibility index (Phi) is 1.82. The van der Waals surface area contributed by atoms with E-state index in [2.05, 4.69) is 9.97 Å². The second-order valence-electron chi connectivity index (χ2n) is 3.70. The number of imidazole rings is 1. The maximum Gasteiger partial charge on any atom is 0.371 e. The first-order chi connectivity index (χ1) is 7.65. The minimum atomic E-state index is -1.04. The Balaban J connectivity index is 2.19. The van der Waals surface area contributed by atoms with Gasteiger partial charge in [0.05, 0.1) is 5.69 Å². The first kappa shape index (κ1) is 9.42. The van der Waals surface area contributed by atoms with E-state index in [0.29, 0.717) is 17.1 Å². The smallest absolute Gasteiger partial charge is 0.371 e. The van der Waals surface area contributed by atoms with Gasteiger partial charge in [0.25, 0.3) is 0 Å². The van der Waals surface area contributed by atoms with Gasteiger partial charge in [0, 0.05) is 22.7 Å². The van der Waals surface area contributed by atoms with E-state index >= 15 is 0 Å². The quantitative estimate of drug-likeness (QED) is 0.679. The van der Waals surface area contributed by atoms with Gasteiger partial charge in [0.15, 0.2) is 0 Å². The van der Waals surface area contributed by atoms with Crippen molar-refractivity contribution in [2.75, 3.05) is 0 Å². The van der Waals surface area contributed by atoms with Gasteiger partial charge in [-0.05, 0) is 17.7 Å². The van der Waals surface area contributed by atoms with Gasteiger partial charge < -0.3 is 10.1 Å². The van der Waals surface area contributed by atoms with Crippen molar-refractivity contribution in [3.63, 3.8) is 0 Å². The number of H-pyrrole nitrogens is 1. The van der Waals surface area contributed by atoms with E-state index in [9.17, 15) is 4.79 Å². The Morgan fingerprint density at radius 1 is 1.50 bits per heavy atom. The number of fused-ring (bicyclic) bond motifs is 3. The molecule has 0 unspecified atom stereocenters. The van der Waals surface area contributed by atoms with Crippen LogP contribution in [0.4, 0.5) is 0 Å². The van der Waals surface area contributed by atoms with Crippen LogP contribution in [0.1, 0.15) is 21.9 Å². The first-order valence-electron chi connectivity index (χ1n) is 4.76. The lowest BCUT2D eigenvalue weighted by atomic mass is 10.1. The molecule has 1 aliphatic rings. The Labute approximate surface area is 95.9 Å². The predicted molar refractivity (Wildman–Crippen MR) is 58.8 cm³/mol. The standard InChI is InChI=1S/C11H7ClN2O2/c12-6-2-1-5-3-8-9(7(5)4-6)14-10(13-8)11(15)16/h1-2,4H,3H2,(H,13,14)(H,15,16). The third-order valence-corrected chi connectivity index (χ3v) is 2.91. The summed E-state index contributed by atoms with van der Waals surface area (Å²) < 4.78 is 0. The SMILES string of the molecule is O=C(O)c1nc2c([nH]1)Cc1ccc(Cl)cc1-2. The summed E-state index contributed by atoms with van der Waals surface area (Å²) in [5, 5.41) is 9.46. The molecule has 80 valence electrons. The number of carboxylic acid groups (broad SMARTS) is 1. The first-order valence-corrected chi connectivity index (χ1v) is 5.14. The van der Waals surface area contributed by atoms with Gasteiger partial charge in [-0.15, -0.1) is 0 Å².